The van der Waals surface area contributed by atoms with Gasteiger partial charge in [0.25, 0.3) is 0 Å². The maximum absolute atomic E-state index is 3.28. The van der Waals surface area contributed by atoms with Gasteiger partial charge in [-0.3, -0.25) is 0 Å². The van der Waals surface area contributed by atoms with Gasteiger partial charge in [-0.2, -0.15) is 0 Å². The molecule has 2 heteroatoms. The second-order valence-electron chi connectivity index (χ2n) is 5.49. The first-order chi connectivity index (χ1) is 8.38. The second-order valence-corrected chi connectivity index (χ2v) is 5.49. The van der Waals surface area contributed by atoms with Crippen molar-refractivity contribution < 1.29 is 0 Å². The van der Waals surface area contributed by atoms with Crippen LogP contribution in [0.3, 0.4) is 0 Å². The lowest BCUT2D eigenvalue weighted by molar-refractivity contribution is 0.709. The van der Waals surface area contributed by atoms with Gasteiger partial charge in [-0.1, -0.05) is 18.2 Å². The average molecular weight is 230 g/mol. The Balaban J connectivity index is 1.82. The SMILES string of the molecule is CNCc1ccccc1N(CC1CC1)C1CC1. The van der Waals surface area contributed by atoms with Crippen LogP contribution in [0.25, 0.3) is 0 Å². The van der Waals surface area contributed by atoms with E-state index in [2.05, 4.69) is 34.5 Å². The Morgan fingerprint density at radius 2 is 1.94 bits per heavy atom. The van der Waals surface area contributed by atoms with E-state index in [1.807, 2.05) is 7.05 Å². The summed E-state index contributed by atoms with van der Waals surface area (Å²) in [5, 5.41) is 3.28. The second kappa shape index (κ2) is 4.69. The minimum atomic E-state index is 0.827. The lowest BCUT2D eigenvalue weighted by Crippen LogP contribution is -2.29. The molecule has 2 aliphatic carbocycles. The summed E-state index contributed by atoms with van der Waals surface area (Å²) in [5.74, 6) is 0.971. The van der Waals surface area contributed by atoms with Gasteiger partial charge in [0.15, 0.2) is 0 Å². The van der Waals surface area contributed by atoms with Gasteiger partial charge < -0.3 is 10.2 Å². The molecular weight excluding hydrogens is 208 g/mol. The molecule has 0 heterocycles. The number of benzene rings is 1. The molecule has 0 aromatic heterocycles. The molecule has 0 spiro atoms. The molecule has 0 unspecified atom stereocenters. The largest absolute Gasteiger partial charge is 0.368 e. The van der Waals surface area contributed by atoms with Crippen molar-refractivity contribution in [3.8, 4) is 0 Å². The number of anilines is 1. The van der Waals surface area contributed by atoms with Crippen LogP contribution < -0.4 is 10.2 Å². The van der Waals surface area contributed by atoms with E-state index in [1.165, 1.54) is 43.5 Å². The van der Waals surface area contributed by atoms with Crippen molar-refractivity contribution in [2.45, 2.75) is 38.3 Å². The molecule has 17 heavy (non-hydrogen) atoms. The van der Waals surface area contributed by atoms with E-state index in [0.29, 0.717) is 0 Å². The molecule has 92 valence electrons. The summed E-state index contributed by atoms with van der Waals surface area (Å²) in [6.45, 7) is 2.26. The Morgan fingerprint density at radius 3 is 2.59 bits per heavy atom. The van der Waals surface area contributed by atoms with Crippen molar-refractivity contribution in [1.82, 2.24) is 5.32 Å². The van der Waals surface area contributed by atoms with E-state index in [1.54, 1.807) is 0 Å². The molecule has 2 nitrogen and oxygen atoms in total. The molecule has 3 rings (SSSR count). The monoisotopic (exact) mass is 230 g/mol. The Bertz CT molecular complexity index is 380. The van der Waals surface area contributed by atoms with Crippen molar-refractivity contribution in [1.29, 1.82) is 0 Å². The van der Waals surface area contributed by atoms with Crippen molar-refractivity contribution >= 4 is 5.69 Å². The maximum Gasteiger partial charge on any atom is 0.0414 e. The van der Waals surface area contributed by atoms with Gasteiger partial charge in [-0.15, -0.1) is 0 Å². The fraction of sp³-hybridized carbons (Fsp3) is 0.600. The van der Waals surface area contributed by atoms with Gasteiger partial charge in [0.2, 0.25) is 0 Å². The van der Waals surface area contributed by atoms with Crippen molar-refractivity contribution in [3.05, 3.63) is 29.8 Å². The van der Waals surface area contributed by atoms with Crippen LogP contribution in [0.15, 0.2) is 24.3 Å². The predicted octanol–water partition coefficient (Wildman–Crippen LogP) is 2.78. The van der Waals surface area contributed by atoms with Gasteiger partial charge in [-0.05, 0) is 50.3 Å². The van der Waals surface area contributed by atoms with Crippen LogP contribution in [0, 0.1) is 5.92 Å². The fourth-order valence-corrected chi connectivity index (χ4v) is 2.54. The Hall–Kier alpha value is -1.02. The van der Waals surface area contributed by atoms with E-state index in [9.17, 15) is 0 Å². The molecule has 1 aromatic carbocycles. The molecule has 0 atom stereocenters. The first-order valence-electron chi connectivity index (χ1n) is 6.87. The molecule has 0 radical (unpaired) electrons. The third-order valence-corrected chi connectivity index (χ3v) is 3.81. The zero-order valence-corrected chi connectivity index (χ0v) is 10.7. The average Bonchev–Trinajstić information content (AvgIpc) is 3.21. The number of rotatable bonds is 6. The van der Waals surface area contributed by atoms with Crippen molar-refractivity contribution in [3.63, 3.8) is 0 Å². The van der Waals surface area contributed by atoms with Crippen LogP contribution in [0.5, 0.6) is 0 Å². The highest BCUT2D eigenvalue weighted by molar-refractivity contribution is 5.55. The summed E-state index contributed by atoms with van der Waals surface area (Å²) in [5.41, 5.74) is 2.92. The zero-order chi connectivity index (χ0) is 11.7. The van der Waals surface area contributed by atoms with Crippen LogP contribution in [0.1, 0.15) is 31.2 Å². The van der Waals surface area contributed by atoms with E-state index < -0.39 is 0 Å². The van der Waals surface area contributed by atoms with Crippen molar-refractivity contribution in [2.24, 2.45) is 5.92 Å². The third kappa shape index (κ3) is 2.63. The number of nitrogens with zero attached hydrogens (tertiary/aromatic N) is 1. The highest BCUT2D eigenvalue weighted by atomic mass is 15.2. The normalized spacial score (nSPS) is 19.4. The highest BCUT2D eigenvalue weighted by Crippen LogP contribution is 2.38. The molecular formula is C15H22N2. The topological polar surface area (TPSA) is 15.3 Å². The van der Waals surface area contributed by atoms with Gasteiger partial charge in [0.1, 0.15) is 0 Å². The first-order valence-corrected chi connectivity index (χ1v) is 6.87. The van der Waals surface area contributed by atoms with Crippen LogP contribution in [-0.4, -0.2) is 19.6 Å². The van der Waals surface area contributed by atoms with E-state index in [4.69, 9.17) is 0 Å². The first kappa shape index (κ1) is 11.1. The van der Waals surface area contributed by atoms with Gasteiger partial charge >= 0.3 is 0 Å². The van der Waals surface area contributed by atoms with E-state index in [0.717, 1.165) is 18.5 Å². The van der Waals surface area contributed by atoms with E-state index in [-0.39, 0.29) is 0 Å². The highest BCUT2D eigenvalue weighted by Gasteiger charge is 2.34. The summed E-state index contributed by atoms with van der Waals surface area (Å²) >= 11 is 0. The minimum Gasteiger partial charge on any atom is -0.368 e. The maximum atomic E-state index is 3.28. The standard InChI is InChI=1S/C15H22N2/c1-16-10-13-4-2-3-5-15(13)17(14-8-9-14)11-12-6-7-12/h2-5,12,14,16H,6-11H2,1H3. The third-order valence-electron chi connectivity index (χ3n) is 3.81. The summed E-state index contributed by atoms with van der Waals surface area (Å²) in [7, 11) is 2.03. The Morgan fingerprint density at radius 1 is 1.18 bits per heavy atom. The molecule has 2 fully saturated rings. The van der Waals surface area contributed by atoms with Gasteiger partial charge in [0, 0.05) is 24.8 Å². The summed E-state index contributed by atoms with van der Waals surface area (Å²) < 4.78 is 0. The smallest absolute Gasteiger partial charge is 0.0414 e. The lowest BCUT2D eigenvalue weighted by Gasteiger charge is -2.27. The molecule has 1 aromatic rings. The molecule has 0 amide bonds. The number of hydrogen-bond donors (Lipinski definition) is 1. The summed E-state index contributed by atoms with van der Waals surface area (Å²) in [6, 6.07) is 9.71. The molecule has 0 aliphatic heterocycles. The number of nitrogens with one attached hydrogen (secondary N) is 1. The lowest BCUT2D eigenvalue weighted by atomic mass is 10.1. The molecule has 2 aliphatic rings. The van der Waals surface area contributed by atoms with Crippen LogP contribution >= 0.6 is 0 Å². The van der Waals surface area contributed by atoms with Crippen molar-refractivity contribution in [2.75, 3.05) is 18.5 Å². The minimum absolute atomic E-state index is 0.827. The number of hydrogen-bond acceptors (Lipinski definition) is 2. The molecule has 1 N–H and O–H groups in total. The summed E-state index contributed by atoms with van der Waals surface area (Å²) in [4.78, 5) is 2.67. The number of para-hydroxylation sites is 1. The molecule has 2 saturated carbocycles. The van der Waals surface area contributed by atoms with Gasteiger partial charge in [0.05, 0.1) is 0 Å². The molecule has 0 saturated heterocycles. The van der Waals surface area contributed by atoms with Crippen LogP contribution in [-0.2, 0) is 6.54 Å². The van der Waals surface area contributed by atoms with Gasteiger partial charge in [-0.25, -0.2) is 0 Å². The predicted molar refractivity (Wildman–Crippen MR) is 72.3 cm³/mol. The Kier molecular flexibility index (Phi) is 3.06. The van der Waals surface area contributed by atoms with Crippen LogP contribution in [0.4, 0.5) is 5.69 Å². The molecule has 0 bridgehead atoms. The van der Waals surface area contributed by atoms with E-state index >= 15 is 0 Å². The summed E-state index contributed by atoms with van der Waals surface area (Å²) in [6.07, 6.45) is 5.66. The Labute approximate surface area is 104 Å². The fourth-order valence-electron chi connectivity index (χ4n) is 2.54. The zero-order valence-electron chi connectivity index (χ0n) is 10.7. The quantitative estimate of drug-likeness (QED) is 0.808. The van der Waals surface area contributed by atoms with Crippen LogP contribution in [0.2, 0.25) is 0 Å².